The lowest BCUT2D eigenvalue weighted by Crippen LogP contribution is -1.85. The minimum absolute atomic E-state index is 0.195. The van der Waals surface area contributed by atoms with Crippen molar-refractivity contribution in [3.05, 3.63) is 41.4 Å². The molecule has 0 aromatic heterocycles. The molecule has 3 heteroatoms. The molecule has 0 atom stereocenters. The van der Waals surface area contributed by atoms with Gasteiger partial charge in [-0.1, -0.05) is 41.9 Å². The molecule has 1 aromatic carbocycles. The number of hydrogen-bond donors (Lipinski definition) is 2. The van der Waals surface area contributed by atoms with Gasteiger partial charge < -0.3 is 10.2 Å². The monoisotopic (exact) mass is 228 g/mol. The third kappa shape index (κ3) is 9.47. The van der Waals surface area contributed by atoms with Gasteiger partial charge in [0.15, 0.2) is 0 Å². The summed E-state index contributed by atoms with van der Waals surface area (Å²) in [6.07, 6.45) is 3.29. The van der Waals surface area contributed by atoms with Gasteiger partial charge >= 0.3 is 0 Å². The van der Waals surface area contributed by atoms with Crippen molar-refractivity contribution in [1.82, 2.24) is 0 Å². The normalized spacial score (nSPS) is 9.80. The van der Waals surface area contributed by atoms with Gasteiger partial charge in [0, 0.05) is 18.7 Å². The number of rotatable bonds is 4. The molecule has 0 fully saturated rings. The Bertz CT molecular complexity index is 243. The number of unbranched alkanes of at least 4 members (excludes halogenated alkanes) is 1. The van der Waals surface area contributed by atoms with Gasteiger partial charge in [-0.2, -0.15) is 0 Å². The zero-order valence-corrected chi connectivity index (χ0v) is 9.40. The fraction of sp³-hybridized carbons (Fsp3) is 0.333. The van der Waals surface area contributed by atoms with Crippen molar-refractivity contribution in [2.24, 2.45) is 0 Å². The van der Waals surface area contributed by atoms with Crippen LogP contribution in [0.15, 0.2) is 35.9 Å². The standard InChI is InChI=1S/C8H7Cl.C4H10O2/c9-7-6-8-4-2-1-3-5-8;5-3-1-2-4-6/h1-7H;5-6H,1-4H2. The molecule has 84 valence electrons. The highest BCUT2D eigenvalue weighted by Crippen LogP contribution is 2.00. The molecule has 1 rings (SSSR count). The van der Waals surface area contributed by atoms with E-state index in [0.717, 1.165) is 18.4 Å². The van der Waals surface area contributed by atoms with Gasteiger partial charge in [-0.25, -0.2) is 0 Å². The molecule has 0 heterocycles. The maximum absolute atomic E-state index is 8.09. The second-order valence-electron chi connectivity index (χ2n) is 2.86. The Balaban J connectivity index is 0.000000288. The van der Waals surface area contributed by atoms with E-state index in [-0.39, 0.29) is 13.2 Å². The van der Waals surface area contributed by atoms with Crippen LogP contribution in [0.5, 0.6) is 0 Å². The molecular formula is C12H17ClO2. The Morgan fingerprint density at radius 2 is 1.53 bits per heavy atom. The van der Waals surface area contributed by atoms with Crippen LogP contribution in [0.3, 0.4) is 0 Å². The molecule has 2 N–H and O–H groups in total. The van der Waals surface area contributed by atoms with E-state index in [1.807, 2.05) is 36.4 Å². The fourth-order valence-electron chi connectivity index (χ4n) is 0.860. The Morgan fingerprint density at radius 1 is 1.00 bits per heavy atom. The third-order valence-corrected chi connectivity index (χ3v) is 1.75. The summed E-state index contributed by atoms with van der Waals surface area (Å²) in [6.45, 7) is 0.390. The molecule has 0 aliphatic heterocycles. The molecule has 0 saturated heterocycles. The molecule has 0 aliphatic carbocycles. The smallest absolute Gasteiger partial charge is 0.0431 e. The van der Waals surface area contributed by atoms with Crippen molar-refractivity contribution < 1.29 is 10.2 Å². The van der Waals surface area contributed by atoms with E-state index in [4.69, 9.17) is 21.8 Å². The zero-order valence-electron chi connectivity index (χ0n) is 8.64. The SMILES string of the molecule is ClC=Cc1ccccc1.OCCCCO. The molecule has 0 unspecified atom stereocenters. The van der Waals surface area contributed by atoms with Crippen molar-refractivity contribution in [3.63, 3.8) is 0 Å². The van der Waals surface area contributed by atoms with Crippen molar-refractivity contribution >= 4 is 17.7 Å². The Hall–Kier alpha value is -0.830. The van der Waals surface area contributed by atoms with Crippen LogP contribution in [0.2, 0.25) is 0 Å². The van der Waals surface area contributed by atoms with Gasteiger partial charge in [0.05, 0.1) is 0 Å². The van der Waals surface area contributed by atoms with Gasteiger partial charge in [-0.05, 0) is 24.5 Å². The molecule has 0 spiro atoms. The summed E-state index contributed by atoms with van der Waals surface area (Å²) >= 11 is 5.36. The van der Waals surface area contributed by atoms with Crippen molar-refractivity contribution in [2.45, 2.75) is 12.8 Å². The van der Waals surface area contributed by atoms with E-state index in [2.05, 4.69) is 0 Å². The van der Waals surface area contributed by atoms with Crippen LogP contribution in [0.25, 0.3) is 6.08 Å². The second-order valence-corrected chi connectivity index (χ2v) is 3.11. The predicted octanol–water partition coefficient (Wildman–Crippen LogP) is 2.65. The van der Waals surface area contributed by atoms with Crippen LogP contribution < -0.4 is 0 Å². The first kappa shape index (κ1) is 14.2. The molecular weight excluding hydrogens is 212 g/mol. The molecule has 0 radical (unpaired) electrons. The lowest BCUT2D eigenvalue weighted by molar-refractivity contribution is 0.242. The Morgan fingerprint density at radius 3 is 1.93 bits per heavy atom. The minimum Gasteiger partial charge on any atom is -0.396 e. The number of benzene rings is 1. The molecule has 1 aromatic rings. The van der Waals surface area contributed by atoms with Gasteiger partial charge in [0.1, 0.15) is 0 Å². The quantitative estimate of drug-likeness (QED) is 0.778. The second kappa shape index (κ2) is 11.2. The van der Waals surface area contributed by atoms with E-state index in [9.17, 15) is 0 Å². The molecule has 0 aliphatic rings. The molecule has 0 saturated carbocycles. The first-order valence-corrected chi connectivity index (χ1v) is 5.32. The fourth-order valence-corrected chi connectivity index (χ4v) is 1.01. The first-order valence-electron chi connectivity index (χ1n) is 4.88. The van der Waals surface area contributed by atoms with E-state index in [1.54, 1.807) is 0 Å². The summed E-state index contributed by atoms with van der Waals surface area (Å²) in [5, 5.41) is 16.2. The van der Waals surface area contributed by atoms with E-state index >= 15 is 0 Å². The van der Waals surface area contributed by atoms with Gasteiger partial charge in [0.2, 0.25) is 0 Å². The molecule has 0 bridgehead atoms. The summed E-state index contributed by atoms with van der Waals surface area (Å²) in [5.41, 5.74) is 2.64. The highest BCUT2D eigenvalue weighted by molar-refractivity contribution is 6.27. The van der Waals surface area contributed by atoms with Crippen LogP contribution in [0.4, 0.5) is 0 Å². The predicted molar refractivity (Wildman–Crippen MR) is 64.7 cm³/mol. The first-order chi connectivity index (χ1) is 7.35. The van der Waals surface area contributed by atoms with Gasteiger partial charge in [-0.15, -0.1) is 0 Å². The van der Waals surface area contributed by atoms with Crippen molar-refractivity contribution in [3.8, 4) is 0 Å². The summed E-state index contributed by atoms with van der Waals surface area (Å²) in [4.78, 5) is 0. The highest BCUT2D eigenvalue weighted by Gasteiger charge is 1.78. The number of aliphatic hydroxyl groups excluding tert-OH is 2. The van der Waals surface area contributed by atoms with Crippen molar-refractivity contribution in [2.75, 3.05) is 13.2 Å². The Labute approximate surface area is 95.8 Å². The average molecular weight is 229 g/mol. The van der Waals surface area contributed by atoms with Gasteiger partial charge in [0.25, 0.3) is 0 Å². The number of aliphatic hydroxyl groups is 2. The van der Waals surface area contributed by atoms with Crippen LogP contribution in [0.1, 0.15) is 18.4 Å². The van der Waals surface area contributed by atoms with Gasteiger partial charge in [-0.3, -0.25) is 0 Å². The van der Waals surface area contributed by atoms with Crippen LogP contribution in [-0.4, -0.2) is 23.4 Å². The summed E-state index contributed by atoms with van der Waals surface area (Å²) < 4.78 is 0. The largest absolute Gasteiger partial charge is 0.396 e. The summed E-state index contributed by atoms with van der Waals surface area (Å²) in [6, 6.07) is 9.93. The van der Waals surface area contributed by atoms with Crippen LogP contribution >= 0.6 is 11.6 Å². The lowest BCUT2D eigenvalue weighted by Gasteiger charge is -1.86. The molecule has 2 nitrogen and oxygen atoms in total. The van der Waals surface area contributed by atoms with Crippen molar-refractivity contribution in [1.29, 1.82) is 0 Å². The highest BCUT2D eigenvalue weighted by atomic mass is 35.5. The van der Waals surface area contributed by atoms with Crippen LogP contribution in [0, 0.1) is 0 Å². The average Bonchev–Trinajstić information content (AvgIpc) is 2.29. The summed E-state index contributed by atoms with van der Waals surface area (Å²) in [7, 11) is 0. The minimum atomic E-state index is 0.195. The lowest BCUT2D eigenvalue weighted by atomic mass is 10.2. The maximum Gasteiger partial charge on any atom is 0.0431 e. The molecule has 0 amide bonds. The third-order valence-electron chi connectivity index (χ3n) is 1.62. The van der Waals surface area contributed by atoms with Crippen LogP contribution in [-0.2, 0) is 0 Å². The Kier molecular flexibility index (Phi) is 10.6. The number of hydrogen-bond acceptors (Lipinski definition) is 2. The van der Waals surface area contributed by atoms with E-state index < -0.39 is 0 Å². The molecule has 15 heavy (non-hydrogen) atoms. The summed E-state index contributed by atoms with van der Waals surface area (Å²) in [5.74, 6) is 0. The number of halogens is 1. The topological polar surface area (TPSA) is 40.5 Å². The van der Waals surface area contributed by atoms with E-state index in [0.29, 0.717) is 0 Å². The van der Waals surface area contributed by atoms with E-state index in [1.165, 1.54) is 5.54 Å². The zero-order chi connectivity index (χ0) is 11.4. The maximum atomic E-state index is 8.09.